The van der Waals surface area contributed by atoms with Crippen molar-refractivity contribution in [3.63, 3.8) is 0 Å². The monoisotopic (exact) mass is 119 g/mol. The van der Waals surface area contributed by atoms with Gasteiger partial charge in [0.05, 0.1) is 6.26 Å². The second kappa shape index (κ2) is 1.58. The SMILES string of the molecule is c1cc2ccocc-2n1. The highest BCUT2D eigenvalue weighted by molar-refractivity contribution is 5.58. The summed E-state index contributed by atoms with van der Waals surface area (Å²) < 4.78 is 4.89. The van der Waals surface area contributed by atoms with Crippen LogP contribution in [-0.4, -0.2) is 4.98 Å². The van der Waals surface area contributed by atoms with Crippen molar-refractivity contribution in [1.29, 1.82) is 0 Å². The summed E-state index contributed by atoms with van der Waals surface area (Å²) in [7, 11) is 0. The molecule has 0 N–H and O–H groups in total. The molecule has 0 fully saturated rings. The second-order valence-corrected chi connectivity index (χ2v) is 1.84. The topological polar surface area (TPSA) is 26.0 Å². The highest BCUT2D eigenvalue weighted by Crippen LogP contribution is 2.17. The van der Waals surface area contributed by atoms with Crippen molar-refractivity contribution in [3.8, 4) is 11.3 Å². The molecule has 0 bridgehead atoms. The molecule has 2 heteroatoms. The van der Waals surface area contributed by atoms with E-state index in [1.54, 1.807) is 18.7 Å². The van der Waals surface area contributed by atoms with Crippen LogP contribution < -0.4 is 0 Å². The van der Waals surface area contributed by atoms with Crippen LogP contribution in [-0.2, 0) is 0 Å². The summed E-state index contributed by atoms with van der Waals surface area (Å²) in [5, 5.41) is 0. The van der Waals surface area contributed by atoms with Crippen LogP contribution in [0.4, 0.5) is 0 Å². The standard InChI is InChI=1S/C7H5NO/c1-3-8-7-5-9-4-2-6(1)7/h1-5H. The first-order chi connectivity index (χ1) is 4.47. The number of fused-ring (bicyclic) bond motifs is 1. The fourth-order valence-corrected chi connectivity index (χ4v) is 0.814. The molecule has 0 saturated heterocycles. The zero-order valence-electron chi connectivity index (χ0n) is 4.74. The van der Waals surface area contributed by atoms with Crippen molar-refractivity contribution in [2.45, 2.75) is 0 Å². The zero-order chi connectivity index (χ0) is 6.10. The quantitative estimate of drug-likeness (QED) is 0.528. The largest absolute Gasteiger partial charge is 0.470 e. The average Bonchev–Trinajstić information content (AvgIpc) is 2.33. The normalized spacial score (nSPS) is 10.2. The Morgan fingerprint density at radius 2 is 2.33 bits per heavy atom. The lowest BCUT2D eigenvalue weighted by molar-refractivity contribution is 0.550. The van der Waals surface area contributed by atoms with E-state index in [4.69, 9.17) is 4.42 Å². The van der Waals surface area contributed by atoms with Crippen LogP contribution >= 0.6 is 0 Å². The summed E-state index contributed by atoms with van der Waals surface area (Å²) >= 11 is 0. The van der Waals surface area contributed by atoms with Crippen LogP contribution in [0, 0.1) is 0 Å². The maximum absolute atomic E-state index is 4.89. The molecule has 0 unspecified atom stereocenters. The number of nitrogens with zero attached hydrogens (tertiary/aromatic N) is 1. The molecule has 2 aliphatic rings. The van der Waals surface area contributed by atoms with E-state index < -0.39 is 0 Å². The van der Waals surface area contributed by atoms with Crippen LogP contribution in [0.3, 0.4) is 0 Å². The molecule has 2 rings (SSSR count). The highest BCUT2D eigenvalue weighted by Gasteiger charge is 1.99. The predicted octanol–water partition coefficient (Wildman–Crippen LogP) is 1.78. The van der Waals surface area contributed by atoms with Crippen molar-refractivity contribution < 1.29 is 4.42 Å². The molecule has 0 spiro atoms. The first-order valence-electron chi connectivity index (χ1n) is 2.74. The molecule has 2 heterocycles. The van der Waals surface area contributed by atoms with Crippen molar-refractivity contribution in [2.24, 2.45) is 0 Å². The van der Waals surface area contributed by atoms with Gasteiger partial charge in [-0.15, -0.1) is 0 Å². The van der Waals surface area contributed by atoms with Gasteiger partial charge in [-0.2, -0.15) is 0 Å². The van der Waals surface area contributed by atoms with Crippen LogP contribution in [0.25, 0.3) is 11.3 Å². The van der Waals surface area contributed by atoms with Crippen LogP contribution in [0.5, 0.6) is 0 Å². The summed E-state index contributed by atoms with van der Waals surface area (Å²) in [6, 6.07) is 3.84. The average molecular weight is 119 g/mol. The molecule has 0 atom stereocenters. The van der Waals surface area contributed by atoms with E-state index in [0.717, 1.165) is 11.3 Å². The molecule has 0 aromatic rings. The van der Waals surface area contributed by atoms with Gasteiger partial charge in [0.15, 0.2) is 0 Å². The minimum absolute atomic E-state index is 0.914. The Kier molecular flexibility index (Phi) is 0.803. The number of hydrogen-bond acceptors (Lipinski definition) is 2. The van der Waals surface area contributed by atoms with E-state index in [2.05, 4.69) is 4.98 Å². The van der Waals surface area contributed by atoms with E-state index in [-0.39, 0.29) is 0 Å². The Morgan fingerprint density at radius 1 is 1.33 bits per heavy atom. The molecule has 0 radical (unpaired) electrons. The van der Waals surface area contributed by atoms with Crippen molar-refractivity contribution >= 4 is 0 Å². The van der Waals surface area contributed by atoms with E-state index in [1.165, 1.54) is 0 Å². The number of hydrogen-bond donors (Lipinski definition) is 0. The summed E-state index contributed by atoms with van der Waals surface area (Å²) in [6.07, 6.45) is 5.04. The first kappa shape index (κ1) is 4.56. The summed E-state index contributed by atoms with van der Waals surface area (Å²) in [5.74, 6) is 0. The summed E-state index contributed by atoms with van der Waals surface area (Å²) in [5.41, 5.74) is 2.04. The van der Waals surface area contributed by atoms with Crippen LogP contribution in [0.15, 0.2) is 35.3 Å². The van der Waals surface area contributed by atoms with E-state index >= 15 is 0 Å². The Balaban J connectivity index is 2.79. The Labute approximate surface area is 52.5 Å². The molecular weight excluding hydrogens is 114 g/mol. The van der Waals surface area contributed by atoms with Gasteiger partial charge in [-0.3, -0.25) is 4.98 Å². The minimum atomic E-state index is 0.914. The van der Waals surface area contributed by atoms with Gasteiger partial charge in [0.1, 0.15) is 12.0 Å². The number of rotatable bonds is 0. The molecule has 2 aliphatic heterocycles. The maximum atomic E-state index is 4.89. The molecule has 0 aliphatic carbocycles. The fourth-order valence-electron chi connectivity index (χ4n) is 0.814. The van der Waals surface area contributed by atoms with Gasteiger partial charge in [0.25, 0.3) is 0 Å². The molecule has 0 saturated carbocycles. The molecule has 0 aromatic carbocycles. The van der Waals surface area contributed by atoms with Crippen molar-refractivity contribution in [2.75, 3.05) is 0 Å². The van der Waals surface area contributed by atoms with Gasteiger partial charge in [0, 0.05) is 11.8 Å². The summed E-state index contributed by atoms with van der Waals surface area (Å²) in [4.78, 5) is 4.02. The lowest BCUT2D eigenvalue weighted by Gasteiger charge is -1.90. The third-order valence-electron chi connectivity index (χ3n) is 1.27. The number of aromatic nitrogens is 1. The molecule has 2 nitrogen and oxygen atoms in total. The van der Waals surface area contributed by atoms with Gasteiger partial charge in [-0.05, 0) is 12.1 Å². The second-order valence-electron chi connectivity index (χ2n) is 1.84. The molecular formula is C7H5NO. The third-order valence-corrected chi connectivity index (χ3v) is 1.27. The maximum Gasteiger partial charge on any atom is 0.116 e. The van der Waals surface area contributed by atoms with E-state index in [1.807, 2.05) is 12.1 Å². The van der Waals surface area contributed by atoms with Crippen molar-refractivity contribution in [3.05, 3.63) is 30.9 Å². The molecule has 0 aromatic heterocycles. The fraction of sp³-hybridized carbons (Fsp3) is 0. The zero-order valence-corrected chi connectivity index (χ0v) is 4.74. The molecule has 44 valence electrons. The Morgan fingerprint density at radius 3 is 3.22 bits per heavy atom. The summed E-state index contributed by atoms with van der Waals surface area (Å²) in [6.45, 7) is 0. The molecule has 9 heavy (non-hydrogen) atoms. The van der Waals surface area contributed by atoms with Crippen molar-refractivity contribution in [1.82, 2.24) is 4.98 Å². The Hall–Kier alpha value is -1.31. The van der Waals surface area contributed by atoms with Gasteiger partial charge in [-0.25, -0.2) is 0 Å². The van der Waals surface area contributed by atoms with Gasteiger partial charge in [0.2, 0.25) is 0 Å². The van der Waals surface area contributed by atoms with Gasteiger partial charge >= 0.3 is 0 Å². The van der Waals surface area contributed by atoms with Gasteiger partial charge in [-0.1, -0.05) is 0 Å². The van der Waals surface area contributed by atoms with Crippen LogP contribution in [0.2, 0.25) is 0 Å². The molecule has 0 amide bonds. The lowest BCUT2D eigenvalue weighted by atomic mass is 10.2. The third kappa shape index (κ3) is 0.598. The Bertz CT molecular complexity index is 249. The van der Waals surface area contributed by atoms with E-state index in [0.29, 0.717) is 0 Å². The van der Waals surface area contributed by atoms with Crippen LogP contribution in [0.1, 0.15) is 0 Å². The smallest absolute Gasteiger partial charge is 0.116 e. The lowest BCUT2D eigenvalue weighted by Crippen LogP contribution is -1.71. The first-order valence-corrected chi connectivity index (χ1v) is 2.74. The highest BCUT2D eigenvalue weighted by atomic mass is 16.3. The van der Waals surface area contributed by atoms with Gasteiger partial charge < -0.3 is 4.42 Å². The predicted molar refractivity (Wildman–Crippen MR) is 33.1 cm³/mol. The minimum Gasteiger partial charge on any atom is -0.470 e. The van der Waals surface area contributed by atoms with E-state index in [9.17, 15) is 0 Å².